The number of rotatable bonds is 8. The van der Waals surface area contributed by atoms with Crippen molar-refractivity contribution in [3.63, 3.8) is 0 Å². The van der Waals surface area contributed by atoms with Gasteiger partial charge < -0.3 is 54.8 Å². The van der Waals surface area contributed by atoms with Crippen LogP contribution in [0.2, 0.25) is 0 Å². The first kappa shape index (κ1) is 21.8. The zero-order valence-electron chi connectivity index (χ0n) is 13.2. The van der Waals surface area contributed by atoms with E-state index in [-0.39, 0.29) is 6.29 Å². The second-order valence-corrected chi connectivity index (χ2v) is 5.40. The molecule has 0 saturated carbocycles. The molecule has 12 nitrogen and oxygen atoms in total. The summed E-state index contributed by atoms with van der Waals surface area (Å²) in [7, 11) is 1.12. The summed E-state index contributed by atoms with van der Waals surface area (Å²) in [5.41, 5.74) is 0. The van der Waals surface area contributed by atoms with Crippen LogP contribution in [0.25, 0.3) is 0 Å². The topological polar surface area (TPSA) is 203 Å². The van der Waals surface area contributed by atoms with Gasteiger partial charge in [-0.25, -0.2) is 4.79 Å². The Balaban J connectivity index is 2.81. The van der Waals surface area contributed by atoms with Crippen LogP contribution in [0.5, 0.6) is 0 Å². The predicted octanol–water partition coefficient (Wildman–Crippen LogP) is -5.37. The summed E-state index contributed by atoms with van der Waals surface area (Å²) in [5, 5.41) is 66.5. The first-order valence-electron chi connectivity index (χ1n) is 7.22. The Labute approximate surface area is 141 Å². The van der Waals surface area contributed by atoms with E-state index in [1.807, 2.05) is 0 Å². The molecule has 1 aliphatic heterocycles. The molecule has 0 bridgehead atoms. The first-order chi connectivity index (χ1) is 11.7. The zero-order valence-corrected chi connectivity index (χ0v) is 13.2. The van der Waals surface area contributed by atoms with Crippen LogP contribution in [-0.2, 0) is 23.8 Å². The van der Waals surface area contributed by atoms with Crippen molar-refractivity contribution in [3.05, 3.63) is 0 Å². The van der Waals surface area contributed by atoms with Crippen LogP contribution in [0.3, 0.4) is 0 Å². The molecule has 0 aliphatic carbocycles. The molecule has 0 spiro atoms. The van der Waals surface area contributed by atoms with Crippen LogP contribution >= 0.6 is 0 Å². The van der Waals surface area contributed by atoms with E-state index in [1.165, 1.54) is 0 Å². The fraction of sp³-hybridized carbons (Fsp3) is 0.846. The monoisotopic (exact) mass is 370 g/mol. The number of carbonyl (C=O) groups excluding carboxylic acids is 2. The molecule has 0 unspecified atom stereocenters. The van der Waals surface area contributed by atoms with Crippen LogP contribution in [-0.4, -0.2) is 117 Å². The molecule has 7 N–H and O–H groups in total. The van der Waals surface area contributed by atoms with Crippen molar-refractivity contribution < 1.29 is 59.5 Å². The van der Waals surface area contributed by atoms with E-state index in [0.29, 0.717) is 0 Å². The second kappa shape index (κ2) is 9.47. The molecule has 1 saturated heterocycles. The number of esters is 1. The molecule has 0 aromatic carbocycles. The quantitative estimate of drug-likeness (QED) is 0.158. The van der Waals surface area contributed by atoms with Crippen molar-refractivity contribution in [2.24, 2.45) is 0 Å². The number of aldehydes is 1. The standard InChI is InChI=1S/C13H22O12/c1-23-13-11(9(20)7(18)5(3-15)24-13)25-12(22)10(21)8(19)6(17)4(16)2-14/h2,4-11,13,15-21H,3H2,1H3/t4-,5-,6+,7-,8-,9+,10+,11-,13+/m1/s1. The van der Waals surface area contributed by atoms with Gasteiger partial charge in [0.1, 0.15) is 36.6 Å². The largest absolute Gasteiger partial charge is 0.452 e. The van der Waals surface area contributed by atoms with Crippen LogP contribution in [0.1, 0.15) is 0 Å². The third kappa shape index (κ3) is 4.91. The lowest BCUT2D eigenvalue weighted by Crippen LogP contribution is -2.61. The molecule has 146 valence electrons. The van der Waals surface area contributed by atoms with Gasteiger partial charge in [0.25, 0.3) is 0 Å². The van der Waals surface area contributed by atoms with E-state index >= 15 is 0 Å². The maximum absolute atomic E-state index is 11.9. The third-order valence-corrected chi connectivity index (χ3v) is 3.71. The minimum atomic E-state index is -2.39. The van der Waals surface area contributed by atoms with Crippen molar-refractivity contribution in [1.82, 2.24) is 0 Å². The zero-order chi connectivity index (χ0) is 19.3. The van der Waals surface area contributed by atoms with Crippen molar-refractivity contribution in [2.45, 2.75) is 55.1 Å². The minimum absolute atomic E-state index is 0.114. The molecule has 9 atom stereocenters. The van der Waals surface area contributed by atoms with Gasteiger partial charge in [-0.05, 0) is 0 Å². The summed E-state index contributed by atoms with van der Waals surface area (Å²) >= 11 is 0. The minimum Gasteiger partial charge on any atom is -0.452 e. The van der Waals surface area contributed by atoms with Gasteiger partial charge in [-0.15, -0.1) is 0 Å². The Morgan fingerprint density at radius 3 is 2.24 bits per heavy atom. The SMILES string of the molecule is CO[C@H]1O[C@H](CO)[C@@H](O)[C@H](O)[C@H]1OC(=O)[C@@H](O)[C@H](O)[C@@H](O)[C@H](O)C=O. The van der Waals surface area contributed by atoms with E-state index in [1.54, 1.807) is 0 Å². The molecule has 0 radical (unpaired) electrons. The first-order valence-corrected chi connectivity index (χ1v) is 7.22. The predicted molar refractivity (Wildman–Crippen MR) is 74.7 cm³/mol. The Hall–Kier alpha value is -1.22. The molecule has 25 heavy (non-hydrogen) atoms. The van der Waals surface area contributed by atoms with E-state index < -0.39 is 67.7 Å². The van der Waals surface area contributed by atoms with Gasteiger partial charge in [-0.1, -0.05) is 0 Å². The number of methoxy groups -OCH3 is 1. The van der Waals surface area contributed by atoms with E-state index in [4.69, 9.17) is 24.4 Å². The maximum Gasteiger partial charge on any atom is 0.338 e. The van der Waals surface area contributed by atoms with Crippen LogP contribution < -0.4 is 0 Å². The molecular formula is C13H22O12. The van der Waals surface area contributed by atoms with Crippen molar-refractivity contribution in [2.75, 3.05) is 13.7 Å². The Kier molecular flexibility index (Phi) is 8.27. The van der Waals surface area contributed by atoms with Crippen LogP contribution in [0, 0.1) is 0 Å². The highest BCUT2D eigenvalue weighted by atomic mass is 16.7. The van der Waals surface area contributed by atoms with Gasteiger partial charge in [0.05, 0.1) is 6.61 Å². The number of ether oxygens (including phenoxy) is 3. The number of aliphatic hydroxyl groups is 7. The highest BCUT2D eigenvalue weighted by molar-refractivity contribution is 5.75. The number of hydrogen-bond donors (Lipinski definition) is 7. The average Bonchev–Trinajstić information content (AvgIpc) is 2.62. The Morgan fingerprint density at radius 2 is 1.76 bits per heavy atom. The summed E-state index contributed by atoms with van der Waals surface area (Å²) in [6.07, 6.45) is -16.7. The molecule has 12 heteroatoms. The molecule has 0 amide bonds. The van der Waals surface area contributed by atoms with Gasteiger partial charge in [0, 0.05) is 7.11 Å². The van der Waals surface area contributed by atoms with E-state index in [0.717, 1.165) is 7.11 Å². The summed E-state index contributed by atoms with van der Waals surface area (Å²) in [6, 6.07) is 0. The van der Waals surface area contributed by atoms with Crippen molar-refractivity contribution in [1.29, 1.82) is 0 Å². The summed E-state index contributed by atoms with van der Waals surface area (Å²) in [6.45, 7) is -0.657. The summed E-state index contributed by atoms with van der Waals surface area (Å²) in [4.78, 5) is 22.2. The van der Waals surface area contributed by atoms with Gasteiger partial charge in [0.2, 0.25) is 0 Å². The van der Waals surface area contributed by atoms with Crippen LogP contribution in [0.4, 0.5) is 0 Å². The normalized spacial score (nSPS) is 34.6. The van der Waals surface area contributed by atoms with Gasteiger partial charge in [0.15, 0.2) is 24.8 Å². The van der Waals surface area contributed by atoms with Crippen LogP contribution in [0.15, 0.2) is 0 Å². The summed E-state index contributed by atoms with van der Waals surface area (Å²) in [5.74, 6) is -1.55. The van der Waals surface area contributed by atoms with E-state index in [2.05, 4.69) is 0 Å². The highest BCUT2D eigenvalue weighted by Crippen LogP contribution is 2.24. The Bertz CT molecular complexity index is 443. The number of aliphatic hydroxyl groups excluding tert-OH is 7. The van der Waals surface area contributed by atoms with E-state index in [9.17, 15) is 35.1 Å². The molecular weight excluding hydrogens is 348 g/mol. The smallest absolute Gasteiger partial charge is 0.338 e. The lowest BCUT2D eigenvalue weighted by Gasteiger charge is -2.41. The fourth-order valence-electron chi connectivity index (χ4n) is 2.18. The molecule has 1 fully saturated rings. The third-order valence-electron chi connectivity index (χ3n) is 3.71. The van der Waals surface area contributed by atoms with Crippen molar-refractivity contribution >= 4 is 12.3 Å². The lowest BCUT2D eigenvalue weighted by atomic mass is 9.98. The van der Waals surface area contributed by atoms with Gasteiger partial charge in [-0.2, -0.15) is 0 Å². The molecule has 1 rings (SSSR count). The lowest BCUT2D eigenvalue weighted by molar-refractivity contribution is -0.300. The number of hydrogen-bond acceptors (Lipinski definition) is 12. The molecule has 0 aromatic heterocycles. The maximum atomic E-state index is 11.9. The summed E-state index contributed by atoms with van der Waals surface area (Å²) < 4.78 is 14.7. The molecule has 0 aromatic rings. The Morgan fingerprint density at radius 1 is 1.16 bits per heavy atom. The average molecular weight is 370 g/mol. The second-order valence-electron chi connectivity index (χ2n) is 5.40. The molecule has 1 aliphatic rings. The van der Waals surface area contributed by atoms with Crippen molar-refractivity contribution in [3.8, 4) is 0 Å². The number of carbonyl (C=O) groups is 2. The fourth-order valence-corrected chi connectivity index (χ4v) is 2.18. The van der Waals surface area contributed by atoms with Gasteiger partial charge in [-0.3, -0.25) is 0 Å². The highest BCUT2D eigenvalue weighted by Gasteiger charge is 2.48. The molecule has 1 heterocycles. The van der Waals surface area contributed by atoms with Gasteiger partial charge >= 0.3 is 5.97 Å².